The molecule has 41 heavy (non-hydrogen) atoms. The van der Waals surface area contributed by atoms with Crippen LogP contribution in [0.5, 0.6) is 0 Å². The Labute approximate surface area is 237 Å². The molecule has 0 radical (unpaired) electrons. The first-order valence-corrected chi connectivity index (χ1v) is 13.9. The number of likely N-dealkylation sites (tertiary alicyclic amines) is 1. The number of nitrogens with two attached hydrogens (primary N) is 1. The predicted octanol–water partition coefficient (Wildman–Crippen LogP) is 4.15. The third-order valence-electron chi connectivity index (χ3n) is 8.08. The fraction of sp³-hybridized carbons (Fsp3) is 0.281. The molecule has 0 spiro atoms. The molecular weight excluding hydrogens is 521 g/mol. The zero-order valence-corrected chi connectivity index (χ0v) is 22.6. The lowest BCUT2D eigenvalue weighted by atomic mass is 9.94. The molecule has 210 valence electrons. The summed E-state index contributed by atoms with van der Waals surface area (Å²) in [5, 5.41) is 13.2. The Morgan fingerprint density at radius 1 is 1.07 bits per heavy atom. The first kappa shape index (κ1) is 27.0. The molecule has 0 aliphatic carbocycles. The molecule has 1 aromatic heterocycles. The third kappa shape index (κ3) is 5.56. The van der Waals surface area contributed by atoms with Crippen LogP contribution in [0.3, 0.4) is 0 Å². The van der Waals surface area contributed by atoms with Crippen LogP contribution in [0.2, 0.25) is 0 Å². The SMILES string of the molecule is NC(=O)c1cccc(-n2cnc3c2C(=O)CC(c2ccc(-c4ccccc4CN4CCC(O)CC4)cc2F)NC3)c1. The quantitative estimate of drug-likeness (QED) is 0.331. The molecule has 0 bridgehead atoms. The van der Waals surface area contributed by atoms with Crippen LogP contribution in [0.15, 0.2) is 73.1 Å². The van der Waals surface area contributed by atoms with Gasteiger partial charge in [0.15, 0.2) is 5.78 Å². The van der Waals surface area contributed by atoms with Crippen molar-refractivity contribution in [1.29, 1.82) is 0 Å². The fourth-order valence-corrected chi connectivity index (χ4v) is 5.84. The number of benzene rings is 3. The normalized spacial score (nSPS) is 18.2. The molecule has 1 atom stereocenters. The Kier molecular flexibility index (Phi) is 7.49. The average molecular weight is 554 g/mol. The van der Waals surface area contributed by atoms with Gasteiger partial charge in [0.1, 0.15) is 17.8 Å². The van der Waals surface area contributed by atoms with E-state index in [9.17, 15) is 14.7 Å². The minimum absolute atomic E-state index is 0.0574. The van der Waals surface area contributed by atoms with Gasteiger partial charge in [0.2, 0.25) is 5.91 Å². The topological polar surface area (TPSA) is 113 Å². The number of amides is 1. The van der Waals surface area contributed by atoms with E-state index in [0.717, 1.165) is 49.2 Å². The molecule has 9 heteroatoms. The maximum Gasteiger partial charge on any atom is 0.248 e. The van der Waals surface area contributed by atoms with Crippen molar-refractivity contribution in [3.63, 3.8) is 0 Å². The van der Waals surface area contributed by atoms with Crippen LogP contribution in [0.1, 0.15) is 63.0 Å². The van der Waals surface area contributed by atoms with Gasteiger partial charge in [-0.15, -0.1) is 0 Å². The fourth-order valence-electron chi connectivity index (χ4n) is 5.84. The van der Waals surface area contributed by atoms with Crippen LogP contribution in [0.25, 0.3) is 16.8 Å². The minimum Gasteiger partial charge on any atom is -0.393 e. The van der Waals surface area contributed by atoms with Crippen LogP contribution >= 0.6 is 0 Å². The van der Waals surface area contributed by atoms with Crippen molar-refractivity contribution in [1.82, 2.24) is 19.8 Å². The highest BCUT2D eigenvalue weighted by Crippen LogP contribution is 2.32. The number of halogens is 1. The lowest BCUT2D eigenvalue weighted by molar-refractivity contribution is 0.0793. The van der Waals surface area contributed by atoms with E-state index < -0.39 is 11.9 Å². The summed E-state index contributed by atoms with van der Waals surface area (Å²) in [4.78, 5) is 31.9. The van der Waals surface area contributed by atoms with Crippen LogP contribution in [0.4, 0.5) is 4.39 Å². The monoisotopic (exact) mass is 553 g/mol. The van der Waals surface area contributed by atoms with E-state index in [0.29, 0.717) is 34.7 Å². The maximum atomic E-state index is 15.7. The van der Waals surface area contributed by atoms with Gasteiger partial charge in [-0.05, 0) is 53.8 Å². The second-order valence-electron chi connectivity index (χ2n) is 10.8. The summed E-state index contributed by atoms with van der Waals surface area (Å²) in [5.74, 6) is -1.10. The van der Waals surface area contributed by atoms with Gasteiger partial charge in [-0.1, -0.05) is 42.5 Å². The largest absolute Gasteiger partial charge is 0.393 e. The number of nitrogens with one attached hydrogen (secondary N) is 1. The second-order valence-corrected chi connectivity index (χ2v) is 10.8. The second kappa shape index (κ2) is 11.4. The number of Topliss-reactive ketones (excluding diaryl/α,β-unsaturated/α-hetero) is 1. The number of rotatable bonds is 6. The molecule has 8 nitrogen and oxygen atoms in total. The van der Waals surface area contributed by atoms with Crippen molar-refractivity contribution in [2.45, 2.75) is 44.5 Å². The predicted molar refractivity (Wildman–Crippen MR) is 153 cm³/mol. The summed E-state index contributed by atoms with van der Waals surface area (Å²) in [7, 11) is 0. The number of aromatic nitrogens is 2. The van der Waals surface area contributed by atoms with Crippen molar-refractivity contribution in [2.24, 2.45) is 5.73 Å². The number of hydrogen-bond acceptors (Lipinski definition) is 6. The summed E-state index contributed by atoms with van der Waals surface area (Å²) < 4.78 is 17.3. The van der Waals surface area contributed by atoms with E-state index in [1.807, 2.05) is 24.3 Å². The Balaban J connectivity index is 1.23. The molecule has 2 aliphatic rings. The van der Waals surface area contributed by atoms with Crippen molar-refractivity contribution < 1.29 is 19.1 Å². The van der Waals surface area contributed by atoms with Gasteiger partial charge in [0.25, 0.3) is 0 Å². The Morgan fingerprint density at radius 2 is 1.88 bits per heavy atom. The Hall–Kier alpha value is -4.18. The van der Waals surface area contributed by atoms with E-state index in [4.69, 9.17) is 5.73 Å². The van der Waals surface area contributed by atoms with Gasteiger partial charge >= 0.3 is 0 Å². The third-order valence-corrected chi connectivity index (χ3v) is 8.08. The summed E-state index contributed by atoms with van der Waals surface area (Å²) in [6.45, 7) is 2.70. The highest BCUT2D eigenvalue weighted by molar-refractivity contribution is 5.97. The molecule has 4 N–H and O–H groups in total. The van der Waals surface area contributed by atoms with Crippen LogP contribution < -0.4 is 11.1 Å². The van der Waals surface area contributed by atoms with Gasteiger partial charge in [-0.25, -0.2) is 9.37 Å². The number of aliphatic hydroxyl groups is 1. The van der Waals surface area contributed by atoms with E-state index in [1.54, 1.807) is 47.3 Å². The van der Waals surface area contributed by atoms with Crippen LogP contribution in [-0.4, -0.2) is 50.4 Å². The summed E-state index contributed by atoms with van der Waals surface area (Å²) in [5.41, 5.74) is 10.7. The zero-order chi connectivity index (χ0) is 28.5. The molecule has 1 amide bonds. The number of imidazole rings is 1. The number of aliphatic hydroxyl groups excluding tert-OH is 1. The van der Waals surface area contributed by atoms with E-state index >= 15 is 4.39 Å². The highest BCUT2D eigenvalue weighted by atomic mass is 19.1. The van der Waals surface area contributed by atoms with Gasteiger partial charge < -0.3 is 16.2 Å². The molecule has 0 saturated carbocycles. The molecule has 4 aromatic rings. The van der Waals surface area contributed by atoms with E-state index in [2.05, 4.69) is 21.3 Å². The molecule has 2 aliphatic heterocycles. The molecule has 1 saturated heterocycles. The molecule has 1 unspecified atom stereocenters. The molecule has 6 rings (SSSR count). The summed E-state index contributed by atoms with van der Waals surface area (Å²) in [6.07, 6.45) is 2.91. The van der Waals surface area contributed by atoms with Crippen molar-refractivity contribution >= 4 is 11.7 Å². The molecule has 3 heterocycles. The number of fused-ring (bicyclic) bond motifs is 1. The van der Waals surface area contributed by atoms with Crippen LogP contribution in [-0.2, 0) is 13.1 Å². The van der Waals surface area contributed by atoms with Gasteiger partial charge in [-0.2, -0.15) is 0 Å². The number of primary amides is 1. The van der Waals surface area contributed by atoms with Crippen molar-refractivity contribution in [3.05, 3.63) is 107 Å². The van der Waals surface area contributed by atoms with Crippen LogP contribution in [0, 0.1) is 5.82 Å². The Morgan fingerprint density at radius 3 is 2.66 bits per heavy atom. The number of carbonyl (C=O) groups excluding carboxylic acids is 2. The first-order chi connectivity index (χ1) is 19.9. The molecular formula is C32H32FN5O3. The van der Waals surface area contributed by atoms with Crippen molar-refractivity contribution in [3.8, 4) is 16.8 Å². The zero-order valence-electron chi connectivity index (χ0n) is 22.6. The van der Waals surface area contributed by atoms with Crippen molar-refractivity contribution in [2.75, 3.05) is 13.1 Å². The minimum atomic E-state index is -0.556. The number of nitrogens with zero attached hydrogens (tertiary/aromatic N) is 3. The smallest absolute Gasteiger partial charge is 0.248 e. The van der Waals surface area contributed by atoms with E-state index in [-0.39, 0.29) is 24.1 Å². The Bertz CT molecular complexity index is 1610. The summed E-state index contributed by atoms with van der Waals surface area (Å²) >= 11 is 0. The average Bonchev–Trinajstić information content (AvgIpc) is 3.34. The molecule has 3 aromatic carbocycles. The number of ketones is 1. The van der Waals surface area contributed by atoms with Gasteiger partial charge in [0, 0.05) is 55.5 Å². The first-order valence-electron chi connectivity index (χ1n) is 13.9. The number of carbonyl (C=O) groups is 2. The highest BCUT2D eigenvalue weighted by Gasteiger charge is 2.29. The lowest BCUT2D eigenvalue weighted by Crippen LogP contribution is -2.35. The van der Waals surface area contributed by atoms with Gasteiger partial charge in [-0.3, -0.25) is 19.1 Å². The van der Waals surface area contributed by atoms with Gasteiger partial charge in [0.05, 0.1) is 11.8 Å². The van der Waals surface area contributed by atoms with E-state index in [1.165, 1.54) is 0 Å². The molecule has 1 fully saturated rings. The summed E-state index contributed by atoms with van der Waals surface area (Å²) in [6, 6.07) is 19.4. The number of hydrogen-bond donors (Lipinski definition) is 3. The number of piperidine rings is 1. The maximum absolute atomic E-state index is 15.7. The lowest BCUT2D eigenvalue weighted by Gasteiger charge is -2.30. The standard InChI is InChI=1S/C32H32FN5O3/c33-27-15-20(25-7-2-1-4-22(25)18-37-12-10-24(39)11-13-37)8-9-26(27)28-16-30(40)31-29(17-35-28)36-19-38(31)23-6-3-5-21(14-23)32(34)41/h1-9,14-15,19,24,28,35,39H,10-13,16-18H2,(H2,34,41).